The lowest BCUT2D eigenvalue weighted by atomic mass is 10.0. The summed E-state index contributed by atoms with van der Waals surface area (Å²) in [5, 5.41) is 0. The molecule has 2 aromatic rings. The van der Waals surface area contributed by atoms with Crippen LogP contribution in [-0.2, 0) is 0 Å². The monoisotopic (exact) mass is 240 g/mol. The first-order valence-electron chi connectivity index (χ1n) is 6.41. The molecule has 0 heterocycles. The first-order valence-corrected chi connectivity index (χ1v) is 6.41. The summed E-state index contributed by atoms with van der Waals surface area (Å²) in [4.78, 5) is 0. The van der Waals surface area contributed by atoms with Crippen molar-refractivity contribution in [2.45, 2.75) is 33.6 Å². The lowest BCUT2D eigenvalue weighted by Crippen LogP contribution is -1.91. The highest BCUT2D eigenvalue weighted by Crippen LogP contribution is 2.27. The van der Waals surface area contributed by atoms with Gasteiger partial charge in [-0.2, -0.15) is 0 Å². The Hall–Kier alpha value is -1.76. The van der Waals surface area contributed by atoms with Crippen LogP contribution >= 0.6 is 0 Å². The summed E-state index contributed by atoms with van der Waals surface area (Å²) < 4.78 is 5.90. The summed E-state index contributed by atoms with van der Waals surface area (Å²) in [5.41, 5.74) is 3.80. The van der Waals surface area contributed by atoms with Gasteiger partial charge < -0.3 is 4.74 Å². The van der Waals surface area contributed by atoms with Crippen LogP contribution in [0.1, 0.15) is 36.5 Å². The molecule has 0 N–H and O–H groups in total. The van der Waals surface area contributed by atoms with Gasteiger partial charge in [-0.05, 0) is 55.2 Å². The van der Waals surface area contributed by atoms with Gasteiger partial charge in [0.15, 0.2) is 0 Å². The molecule has 0 unspecified atom stereocenters. The first-order chi connectivity index (χ1) is 8.54. The highest BCUT2D eigenvalue weighted by Gasteiger charge is 2.04. The zero-order valence-electron chi connectivity index (χ0n) is 11.5. The van der Waals surface area contributed by atoms with E-state index in [0.29, 0.717) is 5.92 Å². The predicted octanol–water partition coefficient (Wildman–Crippen LogP) is 5.22. The molecule has 0 aliphatic carbocycles. The predicted molar refractivity (Wildman–Crippen MR) is 76.5 cm³/mol. The van der Waals surface area contributed by atoms with Crippen LogP contribution in [0.2, 0.25) is 0 Å². The van der Waals surface area contributed by atoms with Crippen LogP contribution in [0.3, 0.4) is 0 Å². The zero-order valence-corrected chi connectivity index (χ0v) is 11.5. The fourth-order valence-electron chi connectivity index (χ4n) is 1.91. The molecule has 2 aromatic carbocycles. The Labute approximate surface area is 109 Å². The second kappa shape index (κ2) is 5.26. The minimum Gasteiger partial charge on any atom is -0.457 e. The van der Waals surface area contributed by atoms with Crippen LogP contribution in [0.5, 0.6) is 11.5 Å². The molecule has 0 saturated carbocycles. The fourth-order valence-corrected chi connectivity index (χ4v) is 1.91. The largest absolute Gasteiger partial charge is 0.457 e. The van der Waals surface area contributed by atoms with Crippen molar-refractivity contribution in [1.82, 2.24) is 0 Å². The van der Waals surface area contributed by atoms with Crippen LogP contribution in [0.4, 0.5) is 0 Å². The van der Waals surface area contributed by atoms with Gasteiger partial charge in [0, 0.05) is 0 Å². The minimum absolute atomic E-state index is 0.519. The maximum absolute atomic E-state index is 5.90. The van der Waals surface area contributed by atoms with Crippen LogP contribution < -0.4 is 4.74 Å². The van der Waals surface area contributed by atoms with Crippen molar-refractivity contribution in [1.29, 1.82) is 0 Å². The molecule has 0 aliphatic rings. The molecule has 0 spiro atoms. The van der Waals surface area contributed by atoms with Crippen molar-refractivity contribution in [3.63, 3.8) is 0 Å². The lowest BCUT2D eigenvalue weighted by molar-refractivity contribution is 0.481. The van der Waals surface area contributed by atoms with E-state index >= 15 is 0 Å². The molecular weight excluding hydrogens is 220 g/mol. The van der Waals surface area contributed by atoms with E-state index in [4.69, 9.17) is 4.74 Å². The lowest BCUT2D eigenvalue weighted by Gasteiger charge is -2.11. The van der Waals surface area contributed by atoms with E-state index in [0.717, 1.165) is 11.5 Å². The Morgan fingerprint density at radius 2 is 1.44 bits per heavy atom. The molecule has 0 amide bonds. The molecule has 0 radical (unpaired) electrons. The van der Waals surface area contributed by atoms with Crippen molar-refractivity contribution in [2.75, 3.05) is 0 Å². The number of rotatable bonds is 3. The smallest absolute Gasteiger partial charge is 0.127 e. The Kier molecular flexibility index (Phi) is 3.71. The average Bonchev–Trinajstić information content (AvgIpc) is 2.31. The Morgan fingerprint density at radius 3 is 2.06 bits per heavy atom. The SMILES string of the molecule is Cc1ccc(Oc2cc(C)cc(C(C)C)c2)cc1. The van der Waals surface area contributed by atoms with E-state index < -0.39 is 0 Å². The van der Waals surface area contributed by atoms with Crippen LogP contribution in [0, 0.1) is 13.8 Å². The second-order valence-corrected chi connectivity index (χ2v) is 5.15. The fraction of sp³-hybridized carbons (Fsp3) is 0.294. The van der Waals surface area contributed by atoms with Gasteiger partial charge in [-0.1, -0.05) is 37.6 Å². The number of hydrogen-bond donors (Lipinski definition) is 0. The van der Waals surface area contributed by atoms with E-state index in [1.807, 2.05) is 12.1 Å². The quantitative estimate of drug-likeness (QED) is 0.714. The van der Waals surface area contributed by atoms with Gasteiger partial charge in [-0.3, -0.25) is 0 Å². The van der Waals surface area contributed by atoms with Crippen LogP contribution in [0.15, 0.2) is 42.5 Å². The maximum Gasteiger partial charge on any atom is 0.127 e. The summed E-state index contributed by atoms with van der Waals surface area (Å²) >= 11 is 0. The molecule has 0 aliphatic heterocycles. The maximum atomic E-state index is 5.90. The second-order valence-electron chi connectivity index (χ2n) is 5.15. The van der Waals surface area contributed by atoms with Gasteiger partial charge >= 0.3 is 0 Å². The van der Waals surface area contributed by atoms with E-state index in [1.165, 1.54) is 16.7 Å². The first kappa shape index (κ1) is 12.7. The van der Waals surface area contributed by atoms with Crippen molar-refractivity contribution < 1.29 is 4.74 Å². The molecule has 2 rings (SSSR count). The van der Waals surface area contributed by atoms with Crippen molar-refractivity contribution in [3.8, 4) is 11.5 Å². The van der Waals surface area contributed by atoms with Crippen molar-refractivity contribution in [2.24, 2.45) is 0 Å². The molecule has 0 aromatic heterocycles. The van der Waals surface area contributed by atoms with Gasteiger partial charge in [-0.15, -0.1) is 0 Å². The summed E-state index contributed by atoms with van der Waals surface area (Å²) in [6.45, 7) is 8.58. The Bertz CT molecular complexity index is 524. The van der Waals surface area contributed by atoms with Gasteiger partial charge in [0.25, 0.3) is 0 Å². The molecule has 0 atom stereocenters. The summed E-state index contributed by atoms with van der Waals surface area (Å²) in [7, 11) is 0. The average molecular weight is 240 g/mol. The Balaban J connectivity index is 2.26. The van der Waals surface area contributed by atoms with E-state index in [1.54, 1.807) is 0 Å². The third-order valence-corrected chi connectivity index (χ3v) is 3.00. The topological polar surface area (TPSA) is 9.23 Å². The van der Waals surface area contributed by atoms with Gasteiger partial charge in [0.2, 0.25) is 0 Å². The molecule has 1 nitrogen and oxygen atoms in total. The van der Waals surface area contributed by atoms with Gasteiger partial charge in [-0.25, -0.2) is 0 Å². The molecule has 94 valence electrons. The van der Waals surface area contributed by atoms with Gasteiger partial charge in [0.05, 0.1) is 0 Å². The van der Waals surface area contributed by atoms with E-state index in [-0.39, 0.29) is 0 Å². The third-order valence-electron chi connectivity index (χ3n) is 3.00. The normalized spacial score (nSPS) is 10.7. The van der Waals surface area contributed by atoms with Crippen LogP contribution in [-0.4, -0.2) is 0 Å². The Morgan fingerprint density at radius 1 is 0.778 bits per heavy atom. The number of benzene rings is 2. The minimum atomic E-state index is 0.519. The highest BCUT2D eigenvalue weighted by atomic mass is 16.5. The van der Waals surface area contributed by atoms with Gasteiger partial charge in [0.1, 0.15) is 11.5 Å². The molecule has 1 heteroatoms. The van der Waals surface area contributed by atoms with Crippen LogP contribution in [0.25, 0.3) is 0 Å². The molecule has 0 bridgehead atoms. The molecule has 0 fully saturated rings. The molecular formula is C17H20O. The summed E-state index contributed by atoms with van der Waals surface area (Å²) in [6.07, 6.45) is 0. The summed E-state index contributed by atoms with van der Waals surface area (Å²) in [6, 6.07) is 14.6. The molecule has 0 saturated heterocycles. The zero-order chi connectivity index (χ0) is 13.1. The number of ether oxygens (including phenoxy) is 1. The number of hydrogen-bond acceptors (Lipinski definition) is 1. The van der Waals surface area contributed by atoms with E-state index in [2.05, 4.69) is 58.0 Å². The standard InChI is InChI=1S/C17H20O/c1-12(2)15-9-14(4)10-17(11-15)18-16-7-5-13(3)6-8-16/h5-12H,1-4H3. The highest BCUT2D eigenvalue weighted by molar-refractivity contribution is 5.39. The number of aryl methyl sites for hydroxylation is 2. The van der Waals surface area contributed by atoms with E-state index in [9.17, 15) is 0 Å². The van der Waals surface area contributed by atoms with Crippen molar-refractivity contribution >= 4 is 0 Å². The third kappa shape index (κ3) is 3.13. The van der Waals surface area contributed by atoms with Crippen molar-refractivity contribution in [3.05, 3.63) is 59.2 Å². The summed E-state index contributed by atoms with van der Waals surface area (Å²) in [5.74, 6) is 2.33. The molecule has 18 heavy (non-hydrogen) atoms.